The molecule has 0 aliphatic heterocycles. The Kier molecular flexibility index (Phi) is 5.79. The summed E-state index contributed by atoms with van der Waals surface area (Å²) in [5, 5.41) is 11.8. The number of methoxy groups -OCH3 is 1. The Morgan fingerprint density at radius 2 is 2.11 bits per heavy atom. The molecule has 0 amide bonds. The van der Waals surface area contributed by atoms with Gasteiger partial charge in [-0.25, -0.2) is 0 Å². The maximum atomic E-state index is 10.5. The van der Waals surface area contributed by atoms with Gasteiger partial charge in [-0.1, -0.05) is 6.07 Å². The number of carboxylic acids is 1. The first-order chi connectivity index (χ1) is 8.93. The highest BCUT2D eigenvalue weighted by Crippen LogP contribution is 2.22. The first kappa shape index (κ1) is 15.5. The monoisotopic (exact) mass is 266 g/mol. The molecule has 0 aliphatic rings. The first-order valence-corrected chi connectivity index (χ1v) is 6.26. The molecule has 1 unspecified atom stereocenters. The van der Waals surface area contributed by atoms with E-state index in [2.05, 4.69) is 11.4 Å². The van der Waals surface area contributed by atoms with Gasteiger partial charge in [-0.15, -0.1) is 0 Å². The lowest BCUT2D eigenvalue weighted by Crippen LogP contribution is -2.35. The number of carbonyl (C=O) groups is 1. The van der Waals surface area contributed by atoms with E-state index >= 15 is 0 Å². The third-order valence-electron chi connectivity index (χ3n) is 3.01. The van der Waals surface area contributed by atoms with Crippen LogP contribution in [0, 0.1) is 13.8 Å². The van der Waals surface area contributed by atoms with Crippen molar-refractivity contribution < 1.29 is 14.6 Å². The zero-order valence-electron chi connectivity index (χ0n) is 11.7. The van der Waals surface area contributed by atoms with Gasteiger partial charge in [0.25, 0.3) is 0 Å². The van der Waals surface area contributed by atoms with E-state index in [1.54, 1.807) is 7.11 Å². The van der Waals surface area contributed by atoms with Gasteiger partial charge in [0.1, 0.15) is 5.75 Å². The Morgan fingerprint density at radius 1 is 1.42 bits per heavy atom. The summed E-state index contributed by atoms with van der Waals surface area (Å²) >= 11 is 0. The minimum absolute atomic E-state index is 0.0202. The minimum Gasteiger partial charge on any atom is -0.496 e. The molecule has 1 atom stereocenters. The highest BCUT2D eigenvalue weighted by Gasteiger charge is 2.08. The van der Waals surface area contributed by atoms with Crippen LogP contribution in [-0.4, -0.2) is 30.8 Å². The topological polar surface area (TPSA) is 84.6 Å². The molecule has 0 fully saturated rings. The van der Waals surface area contributed by atoms with E-state index in [1.807, 2.05) is 19.9 Å². The molecule has 0 saturated carbocycles. The third-order valence-corrected chi connectivity index (χ3v) is 3.01. The fourth-order valence-electron chi connectivity index (χ4n) is 1.95. The van der Waals surface area contributed by atoms with Crippen molar-refractivity contribution in [3.8, 4) is 5.75 Å². The molecule has 0 aromatic heterocycles. The number of carboxylic acid groups (broad SMARTS) is 1. The lowest BCUT2D eigenvalue weighted by atomic mass is 10.0. The summed E-state index contributed by atoms with van der Waals surface area (Å²) in [5.41, 5.74) is 9.08. The number of rotatable bonds is 7. The molecule has 0 saturated heterocycles. The molecule has 1 aromatic carbocycles. The van der Waals surface area contributed by atoms with Crippen LogP contribution in [0.4, 0.5) is 0 Å². The van der Waals surface area contributed by atoms with Crippen LogP contribution in [0.5, 0.6) is 5.75 Å². The molecule has 5 heteroatoms. The maximum Gasteiger partial charge on any atom is 0.304 e. The largest absolute Gasteiger partial charge is 0.496 e. The van der Waals surface area contributed by atoms with E-state index in [9.17, 15) is 4.79 Å². The van der Waals surface area contributed by atoms with Gasteiger partial charge in [0.2, 0.25) is 0 Å². The average molecular weight is 266 g/mol. The molecule has 0 bridgehead atoms. The van der Waals surface area contributed by atoms with Gasteiger partial charge in [0.15, 0.2) is 0 Å². The Bertz CT molecular complexity index is 447. The first-order valence-electron chi connectivity index (χ1n) is 6.26. The molecule has 19 heavy (non-hydrogen) atoms. The Labute approximate surface area is 113 Å². The van der Waals surface area contributed by atoms with Gasteiger partial charge >= 0.3 is 5.97 Å². The molecule has 5 nitrogen and oxygen atoms in total. The molecule has 106 valence electrons. The van der Waals surface area contributed by atoms with Crippen LogP contribution >= 0.6 is 0 Å². The van der Waals surface area contributed by atoms with Crippen molar-refractivity contribution in [2.45, 2.75) is 32.9 Å². The second kappa shape index (κ2) is 7.11. The number of hydrogen-bond acceptors (Lipinski definition) is 4. The number of ether oxygens (including phenoxy) is 1. The zero-order chi connectivity index (χ0) is 14.4. The maximum absolute atomic E-state index is 10.5. The summed E-state index contributed by atoms with van der Waals surface area (Å²) in [4.78, 5) is 10.5. The van der Waals surface area contributed by atoms with Crippen LogP contribution in [0.3, 0.4) is 0 Å². The van der Waals surface area contributed by atoms with Crippen LogP contribution < -0.4 is 15.8 Å². The highest BCUT2D eigenvalue weighted by atomic mass is 16.5. The summed E-state index contributed by atoms with van der Waals surface area (Å²) in [6.07, 6.45) is -0.0202. The second-order valence-electron chi connectivity index (χ2n) is 4.74. The molecule has 1 aromatic rings. The SMILES string of the molecule is COc1cc(C)c(CNCC(N)CC(=O)O)cc1C. The van der Waals surface area contributed by atoms with Crippen LogP contribution in [0.2, 0.25) is 0 Å². The quantitative estimate of drug-likeness (QED) is 0.690. The van der Waals surface area contributed by atoms with Gasteiger partial charge in [0.05, 0.1) is 13.5 Å². The van der Waals surface area contributed by atoms with Crippen LogP contribution in [0.1, 0.15) is 23.1 Å². The zero-order valence-corrected chi connectivity index (χ0v) is 11.7. The van der Waals surface area contributed by atoms with Gasteiger partial charge in [-0.05, 0) is 36.6 Å². The summed E-state index contributed by atoms with van der Waals surface area (Å²) in [7, 11) is 1.66. The molecular weight excluding hydrogens is 244 g/mol. The summed E-state index contributed by atoms with van der Waals surface area (Å²) in [6, 6.07) is 3.71. The van der Waals surface area contributed by atoms with Crippen LogP contribution in [-0.2, 0) is 11.3 Å². The van der Waals surface area contributed by atoms with E-state index in [1.165, 1.54) is 5.56 Å². The van der Waals surface area contributed by atoms with Crippen molar-refractivity contribution in [1.29, 1.82) is 0 Å². The predicted molar refractivity (Wildman–Crippen MR) is 74.4 cm³/mol. The van der Waals surface area contributed by atoms with Crippen molar-refractivity contribution in [3.63, 3.8) is 0 Å². The molecule has 1 rings (SSSR count). The van der Waals surface area contributed by atoms with E-state index in [0.717, 1.165) is 16.9 Å². The van der Waals surface area contributed by atoms with Crippen molar-refractivity contribution >= 4 is 5.97 Å². The number of nitrogens with one attached hydrogen (secondary N) is 1. The van der Waals surface area contributed by atoms with Gasteiger partial charge in [-0.3, -0.25) is 4.79 Å². The van der Waals surface area contributed by atoms with Crippen molar-refractivity contribution in [2.24, 2.45) is 5.73 Å². The van der Waals surface area contributed by atoms with E-state index in [0.29, 0.717) is 13.1 Å². The molecule has 0 heterocycles. The fourth-order valence-corrected chi connectivity index (χ4v) is 1.95. The number of nitrogens with two attached hydrogens (primary N) is 1. The highest BCUT2D eigenvalue weighted by molar-refractivity contribution is 5.67. The van der Waals surface area contributed by atoms with E-state index in [4.69, 9.17) is 15.6 Å². The number of hydrogen-bond donors (Lipinski definition) is 3. The minimum atomic E-state index is -0.870. The van der Waals surface area contributed by atoms with E-state index < -0.39 is 5.97 Å². The average Bonchev–Trinajstić information content (AvgIpc) is 2.32. The van der Waals surface area contributed by atoms with Gasteiger partial charge < -0.3 is 20.9 Å². The van der Waals surface area contributed by atoms with Gasteiger partial charge in [-0.2, -0.15) is 0 Å². The number of aliphatic carboxylic acids is 1. The van der Waals surface area contributed by atoms with Crippen LogP contribution in [0.15, 0.2) is 12.1 Å². The van der Waals surface area contributed by atoms with Crippen molar-refractivity contribution in [2.75, 3.05) is 13.7 Å². The Hall–Kier alpha value is -1.59. The van der Waals surface area contributed by atoms with Gasteiger partial charge in [0, 0.05) is 19.1 Å². The lowest BCUT2D eigenvalue weighted by Gasteiger charge is -2.14. The van der Waals surface area contributed by atoms with Crippen molar-refractivity contribution in [3.05, 3.63) is 28.8 Å². The fraction of sp³-hybridized carbons (Fsp3) is 0.500. The third kappa shape index (κ3) is 4.89. The summed E-state index contributed by atoms with van der Waals surface area (Å²) in [6.45, 7) is 5.18. The molecule has 0 radical (unpaired) electrons. The number of aryl methyl sites for hydroxylation is 2. The predicted octanol–water partition coefficient (Wildman–Crippen LogP) is 1.20. The molecule has 4 N–H and O–H groups in total. The summed E-state index contributed by atoms with van der Waals surface area (Å²) < 4.78 is 5.26. The number of benzene rings is 1. The summed E-state index contributed by atoms with van der Waals surface area (Å²) in [5.74, 6) is 0.00889. The Morgan fingerprint density at radius 3 is 2.68 bits per heavy atom. The standard InChI is InChI=1S/C14H22N2O3/c1-9-5-13(19-3)10(2)4-11(9)7-16-8-12(15)6-14(17)18/h4-5,12,16H,6-8,15H2,1-3H3,(H,17,18). The lowest BCUT2D eigenvalue weighted by molar-refractivity contribution is -0.137. The Balaban J connectivity index is 2.54. The normalized spacial score (nSPS) is 12.2. The van der Waals surface area contributed by atoms with Crippen LogP contribution in [0.25, 0.3) is 0 Å². The second-order valence-corrected chi connectivity index (χ2v) is 4.74. The smallest absolute Gasteiger partial charge is 0.304 e. The van der Waals surface area contributed by atoms with Crippen molar-refractivity contribution in [1.82, 2.24) is 5.32 Å². The molecule has 0 spiro atoms. The molecular formula is C14H22N2O3. The van der Waals surface area contributed by atoms with E-state index in [-0.39, 0.29) is 12.5 Å². The molecule has 0 aliphatic carbocycles.